The Balaban J connectivity index is 1.46. The van der Waals surface area contributed by atoms with Gasteiger partial charge in [-0.15, -0.1) is 0 Å². The second-order valence-electron chi connectivity index (χ2n) is 7.12. The number of rotatable bonds is 9. The second-order valence-corrected chi connectivity index (χ2v) is 7.53. The van der Waals surface area contributed by atoms with E-state index in [0.29, 0.717) is 27.8 Å². The summed E-state index contributed by atoms with van der Waals surface area (Å²) in [7, 11) is 0. The van der Waals surface area contributed by atoms with Gasteiger partial charge in [-0.3, -0.25) is 19.7 Å². The number of esters is 1. The van der Waals surface area contributed by atoms with E-state index in [1.807, 2.05) is 0 Å². The van der Waals surface area contributed by atoms with Crippen LogP contribution in [-0.2, 0) is 20.9 Å². The molecule has 0 spiro atoms. The molecular weight excluding hydrogens is 448 g/mol. The maximum atomic E-state index is 12.1. The molecule has 33 heavy (non-hydrogen) atoms. The molecule has 170 valence electrons. The predicted octanol–water partition coefficient (Wildman–Crippen LogP) is 5.81. The van der Waals surface area contributed by atoms with Crippen LogP contribution in [0.1, 0.15) is 24.0 Å². The SMILES string of the molecule is Cc1c(Cl)cccc1NC(=O)CCC(=O)OCc1cccc(Oc2ccc([N+](=O)[O-])cc2)c1. The monoisotopic (exact) mass is 468 g/mol. The third-order valence-electron chi connectivity index (χ3n) is 4.68. The van der Waals surface area contributed by atoms with Crippen LogP contribution in [0.25, 0.3) is 0 Å². The molecule has 0 radical (unpaired) electrons. The number of amides is 1. The molecular formula is C24H21ClN2O6. The first-order valence-electron chi connectivity index (χ1n) is 10.0. The first-order valence-corrected chi connectivity index (χ1v) is 10.4. The van der Waals surface area contributed by atoms with Crippen LogP contribution in [0.5, 0.6) is 11.5 Å². The summed E-state index contributed by atoms with van der Waals surface area (Å²) in [6, 6.07) is 17.8. The summed E-state index contributed by atoms with van der Waals surface area (Å²) < 4.78 is 10.9. The molecule has 0 aliphatic carbocycles. The van der Waals surface area contributed by atoms with Crippen LogP contribution in [0.4, 0.5) is 11.4 Å². The highest BCUT2D eigenvalue weighted by molar-refractivity contribution is 6.31. The van der Waals surface area contributed by atoms with E-state index in [9.17, 15) is 19.7 Å². The molecule has 0 bridgehead atoms. The first kappa shape index (κ1) is 23.7. The Kier molecular flexibility index (Phi) is 7.99. The Bertz CT molecular complexity index is 1160. The molecule has 0 aliphatic heterocycles. The van der Waals surface area contributed by atoms with Crippen molar-refractivity contribution in [3.8, 4) is 11.5 Å². The summed E-state index contributed by atoms with van der Waals surface area (Å²) in [5.41, 5.74) is 2.03. The zero-order valence-electron chi connectivity index (χ0n) is 17.7. The molecule has 0 saturated heterocycles. The highest BCUT2D eigenvalue weighted by Crippen LogP contribution is 2.25. The molecule has 1 N–H and O–H groups in total. The van der Waals surface area contributed by atoms with Gasteiger partial charge in [0.2, 0.25) is 5.91 Å². The van der Waals surface area contributed by atoms with Crippen molar-refractivity contribution in [1.29, 1.82) is 0 Å². The second kappa shape index (κ2) is 11.1. The molecule has 3 aromatic rings. The largest absolute Gasteiger partial charge is 0.461 e. The molecule has 0 saturated carbocycles. The van der Waals surface area contributed by atoms with Crippen LogP contribution in [-0.4, -0.2) is 16.8 Å². The summed E-state index contributed by atoms with van der Waals surface area (Å²) >= 11 is 6.04. The van der Waals surface area contributed by atoms with Gasteiger partial charge in [0.05, 0.1) is 11.3 Å². The zero-order chi connectivity index (χ0) is 23.8. The number of carbonyl (C=O) groups excluding carboxylic acids is 2. The molecule has 0 heterocycles. The van der Waals surface area contributed by atoms with Gasteiger partial charge in [-0.2, -0.15) is 0 Å². The van der Waals surface area contributed by atoms with Gasteiger partial charge in [-0.25, -0.2) is 0 Å². The molecule has 8 nitrogen and oxygen atoms in total. The minimum atomic E-state index is -0.505. The maximum Gasteiger partial charge on any atom is 0.306 e. The minimum Gasteiger partial charge on any atom is -0.461 e. The average Bonchev–Trinajstić information content (AvgIpc) is 2.80. The summed E-state index contributed by atoms with van der Waals surface area (Å²) in [5, 5.41) is 14.0. The molecule has 0 atom stereocenters. The first-order chi connectivity index (χ1) is 15.8. The quantitative estimate of drug-likeness (QED) is 0.241. The fourth-order valence-electron chi connectivity index (χ4n) is 2.88. The number of hydrogen-bond donors (Lipinski definition) is 1. The molecule has 0 fully saturated rings. The average molecular weight is 469 g/mol. The van der Waals surface area contributed by atoms with Crippen LogP contribution in [0, 0.1) is 17.0 Å². The van der Waals surface area contributed by atoms with E-state index in [4.69, 9.17) is 21.1 Å². The standard InChI is InChI=1S/C24H21ClN2O6/c1-16-21(25)6-3-7-22(16)26-23(28)12-13-24(29)32-15-17-4-2-5-20(14-17)33-19-10-8-18(9-11-19)27(30)31/h2-11,14H,12-13,15H2,1H3,(H,26,28). The minimum absolute atomic E-state index is 0.0192. The van der Waals surface area contributed by atoms with E-state index >= 15 is 0 Å². The molecule has 3 aromatic carbocycles. The Morgan fingerprint density at radius 1 is 1.00 bits per heavy atom. The molecule has 9 heteroatoms. The summed E-state index contributed by atoms with van der Waals surface area (Å²) in [6.07, 6.45) is -0.0848. The number of anilines is 1. The summed E-state index contributed by atoms with van der Waals surface area (Å²) in [6.45, 7) is 1.82. The van der Waals surface area contributed by atoms with E-state index in [-0.39, 0.29) is 31.0 Å². The van der Waals surface area contributed by atoms with Crippen molar-refractivity contribution in [2.24, 2.45) is 0 Å². The molecule has 3 rings (SSSR count). The Labute approximate surface area is 195 Å². The zero-order valence-corrected chi connectivity index (χ0v) is 18.5. The lowest BCUT2D eigenvalue weighted by atomic mass is 10.2. The van der Waals surface area contributed by atoms with Crippen molar-refractivity contribution in [1.82, 2.24) is 0 Å². The smallest absolute Gasteiger partial charge is 0.306 e. The maximum absolute atomic E-state index is 12.1. The van der Waals surface area contributed by atoms with Gasteiger partial charge in [-0.1, -0.05) is 29.8 Å². The number of carbonyl (C=O) groups is 2. The number of nitrogens with zero attached hydrogens (tertiary/aromatic N) is 1. The van der Waals surface area contributed by atoms with E-state index in [2.05, 4.69) is 5.32 Å². The van der Waals surface area contributed by atoms with Gasteiger partial charge in [0.15, 0.2) is 0 Å². The lowest BCUT2D eigenvalue weighted by Gasteiger charge is -2.10. The summed E-state index contributed by atoms with van der Waals surface area (Å²) in [5.74, 6) is 0.120. The number of hydrogen-bond acceptors (Lipinski definition) is 6. The third-order valence-corrected chi connectivity index (χ3v) is 5.09. The topological polar surface area (TPSA) is 108 Å². The Hall–Kier alpha value is -3.91. The van der Waals surface area contributed by atoms with Gasteiger partial charge in [-0.05, 0) is 54.4 Å². The number of non-ortho nitro benzene ring substituents is 1. The lowest BCUT2D eigenvalue weighted by molar-refractivity contribution is -0.384. The Morgan fingerprint density at radius 3 is 2.45 bits per heavy atom. The van der Waals surface area contributed by atoms with Gasteiger partial charge in [0.1, 0.15) is 18.1 Å². The van der Waals surface area contributed by atoms with Crippen molar-refractivity contribution in [3.63, 3.8) is 0 Å². The van der Waals surface area contributed by atoms with Crippen LogP contribution in [0.15, 0.2) is 66.7 Å². The van der Waals surface area contributed by atoms with Gasteiger partial charge >= 0.3 is 5.97 Å². The molecule has 0 aliphatic rings. The van der Waals surface area contributed by atoms with Crippen molar-refractivity contribution in [2.45, 2.75) is 26.4 Å². The number of nitro benzene ring substituents is 1. The summed E-state index contributed by atoms with van der Waals surface area (Å²) in [4.78, 5) is 34.4. The molecule has 0 unspecified atom stereocenters. The van der Waals surface area contributed by atoms with Crippen molar-refractivity contribution in [3.05, 3.63) is 93.0 Å². The number of halogens is 1. The van der Waals surface area contributed by atoms with Gasteiger partial charge in [0, 0.05) is 29.3 Å². The third kappa shape index (κ3) is 7.05. The van der Waals surface area contributed by atoms with Crippen molar-refractivity contribution < 1.29 is 24.0 Å². The van der Waals surface area contributed by atoms with E-state index in [0.717, 1.165) is 5.56 Å². The van der Waals surface area contributed by atoms with Crippen LogP contribution >= 0.6 is 11.6 Å². The fourth-order valence-corrected chi connectivity index (χ4v) is 3.05. The molecule has 0 aromatic heterocycles. The van der Waals surface area contributed by atoms with E-state index < -0.39 is 10.9 Å². The highest BCUT2D eigenvalue weighted by Gasteiger charge is 2.11. The highest BCUT2D eigenvalue weighted by atomic mass is 35.5. The van der Waals surface area contributed by atoms with Gasteiger partial charge < -0.3 is 14.8 Å². The number of benzene rings is 3. The lowest BCUT2D eigenvalue weighted by Crippen LogP contribution is -2.15. The van der Waals surface area contributed by atoms with Crippen molar-refractivity contribution >= 4 is 34.9 Å². The number of ether oxygens (including phenoxy) is 2. The van der Waals surface area contributed by atoms with Crippen LogP contribution in [0.2, 0.25) is 5.02 Å². The molecule has 1 amide bonds. The van der Waals surface area contributed by atoms with Crippen LogP contribution < -0.4 is 10.1 Å². The van der Waals surface area contributed by atoms with Crippen LogP contribution in [0.3, 0.4) is 0 Å². The van der Waals surface area contributed by atoms with E-state index in [1.54, 1.807) is 49.4 Å². The normalized spacial score (nSPS) is 10.4. The van der Waals surface area contributed by atoms with Gasteiger partial charge in [0.25, 0.3) is 5.69 Å². The van der Waals surface area contributed by atoms with Crippen molar-refractivity contribution in [2.75, 3.05) is 5.32 Å². The predicted molar refractivity (Wildman–Crippen MR) is 123 cm³/mol. The number of nitro groups is 1. The van der Waals surface area contributed by atoms with E-state index in [1.165, 1.54) is 24.3 Å². The Morgan fingerprint density at radius 2 is 1.73 bits per heavy atom. The number of nitrogens with one attached hydrogen (secondary N) is 1. The fraction of sp³-hybridized carbons (Fsp3) is 0.167.